The minimum atomic E-state index is 0.383. The first-order chi connectivity index (χ1) is 12.4. The van der Waals surface area contributed by atoms with Crippen LogP contribution < -0.4 is 4.90 Å². The van der Waals surface area contributed by atoms with Crippen molar-refractivity contribution in [1.82, 2.24) is 10.2 Å². The second kappa shape index (κ2) is 8.25. The van der Waals surface area contributed by atoms with Gasteiger partial charge in [-0.2, -0.15) is 0 Å². The number of anilines is 1. The van der Waals surface area contributed by atoms with E-state index in [2.05, 4.69) is 39.4 Å². The van der Waals surface area contributed by atoms with Crippen molar-refractivity contribution < 1.29 is 9.47 Å². The molecule has 2 saturated heterocycles. The average molecular weight is 359 g/mol. The molecule has 0 spiro atoms. The van der Waals surface area contributed by atoms with Crippen molar-refractivity contribution in [2.24, 2.45) is 5.92 Å². The van der Waals surface area contributed by atoms with Gasteiger partial charge in [0.2, 0.25) is 5.13 Å². The summed E-state index contributed by atoms with van der Waals surface area (Å²) in [6, 6.07) is 10.5. The Balaban J connectivity index is 1.25. The molecule has 1 aromatic carbocycles. The van der Waals surface area contributed by atoms with Crippen molar-refractivity contribution in [3.63, 3.8) is 0 Å². The molecule has 0 saturated carbocycles. The van der Waals surface area contributed by atoms with Crippen molar-refractivity contribution in [3.8, 4) is 0 Å². The molecule has 0 bridgehead atoms. The van der Waals surface area contributed by atoms with Crippen LogP contribution in [0.25, 0.3) is 0 Å². The summed E-state index contributed by atoms with van der Waals surface area (Å²) >= 11 is 1.72. The van der Waals surface area contributed by atoms with Gasteiger partial charge in [0, 0.05) is 32.0 Å². The molecule has 2 aliphatic rings. The topological polar surface area (TPSA) is 47.5 Å². The Morgan fingerprint density at radius 1 is 1.12 bits per heavy atom. The molecule has 0 amide bonds. The molecule has 0 N–H and O–H groups in total. The number of nitrogens with zero attached hydrogens (tertiary/aromatic N) is 3. The van der Waals surface area contributed by atoms with Crippen molar-refractivity contribution in [3.05, 3.63) is 40.9 Å². The Bertz CT molecular complexity index is 650. The van der Waals surface area contributed by atoms with Gasteiger partial charge in [0.05, 0.1) is 19.3 Å². The van der Waals surface area contributed by atoms with Gasteiger partial charge in [-0.1, -0.05) is 41.7 Å². The highest BCUT2D eigenvalue weighted by Gasteiger charge is 2.24. The van der Waals surface area contributed by atoms with Crippen LogP contribution in [0.15, 0.2) is 30.3 Å². The number of piperidine rings is 1. The first-order valence-electron chi connectivity index (χ1n) is 9.17. The second-order valence-electron chi connectivity index (χ2n) is 6.89. The molecule has 4 rings (SSSR count). The molecule has 134 valence electrons. The van der Waals surface area contributed by atoms with Crippen molar-refractivity contribution in [2.45, 2.75) is 31.8 Å². The third-order valence-corrected chi connectivity index (χ3v) is 5.94. The molecular weight excluding hydrogens is 334 g/mol. The second-order valence-corrected chi connectivity index (χ2v) is 7.93. The van der Waals surface area contributed by atoms with E-state index in [-0.39, 0.29) is 0 Å². The molecule has 0 aliphatic carbocycles. The number of aromatic nitrogens is 2. The Morgan fingerprint density at radius 3 is 2.72 bits per heavy atom. The van der Waals surface area contributed by atoms with Crippen molar-refractivity contribution in [1.29, 1.82) is 0 Å². The van der Waals surface area contributed by atoms with E-state index in [1.807, 2.05) is 6.07 Å². The van der Waals surface area contributed by atoms with Gasteiger partial charge < -0.3 is 14.4 Å². The molecule has 2 aromatic rings. The van der Waals surface area contributed by atoms with Gasteiger partial charge in [0.1, 0.15) is 5.01 Å². The molecular formula is C19H25N3O2S. The molecule has 5 nitrogen and oxygen atoms in total. The molecule has 2 fully saturated rings. The number of hydrogen-bond acceptors (Lipinski definition) is 6. The van der Waals surface area contributed by atoms with Gasteiger partial charge >= 0.3 is 0 Å². The van der Waals surface area contributed by atoms with Gasteiger partial charge in [-0.05, 0) is 24.8 Å². The molecule has 25 heavy (non-hydrogen) atoms. The number of ether oxygens (including phenoxy) is 2. The van der Waals surface area contributed by atoms with Crippen molar-refractivity contribution in [2.75, 3.05) is 37.8 Å². The summed E-state index contributed by atoms with van der Waals surface area (Å²) in [6.45, 7) is 4.63. The van der Waals surface area contributed by atoms with Crippen LogP contribution in [0.4, 0.5) is 5.13 Å². The van der Waals surface area contributed by atoms with Crippen LogP contribution >= 0.6 is 11.3 Å². The van der Waals surface area contributed by atoms with Gasteiger partial charge in [-0.3, -0.25) is 0 Å². The van der Waals surface area contributed by atoms with Gasteiger partial charge in [-0.25, -0.2) is 0 Å². The van der Waals surface area contributed by atoms with Crippen LogP contribution in [0, 0.1) is 5.92 Å². The molecule has 1 unspecified atom stereocenters. The van der Waals surface area contributed by atoms with Crippen LogP contribution in [0.3, 0.4) is 0 Å². The van der Waals surface area contributed by atoms with Gasteiger partial charge in [0.25, 0.3) is 0 Å². The summed E-state index contributed by atoms with van der Waals surface area (Å²) in [5.74, 6) is 0.599. The average Bonchev–Trinajstić information content (AvgIpc) is 3.33. The molecule has 3 heterocycles. The SMILES string of the molecule is c1ccc(Cc2nnc(N3CCC(OCC4CCOC4)CC3)s2)cc1. The summed E-state index contributed by atoms with van der Waals surface area (Å²) < 4.78 is 11.5. The van der Waals surface area contributed by atoms with E-state index in [0.29, 0.717) is 12.0 Å². The Kier molecular flexibility index (Phi) is 5.59. The number of benzene rings is 1. The van der Waals surface area contributed by atoms with Crippen molar-refractivity contribution >= 4 is 16.5 Å². The lowest BCUT2D eigenvalue weighted by atomic mass is 10.1. The predicted molar refractivity (Wildman–Crippen MR) is 99.3 cm³/mol. The lowest BCUT2D eigenvalue weighted by Crippen LogP contribution is -2.37. The summed E-state index contributed by atoms with van der Waals surface area (Å²) in [4.78, 5) is 2.35. The van der Waals surface area contributed by atoms with Crippen LogP contribution in [-0.2, 0) is 15.9 Å². The molecule has 1 aromatic heterocycles. The third-order valence-electron chi connectivity index (χ3n) is 4.96. The van der Waals surface area contributed by atoms with E-state index >= 15 is 0 Å². The largest absolute Gasteiger partial charge is 0.381 e. The minimum absolute atomic E-state index is 0.383. The summed E-state index contributed by atoms with van der Waals surface area (Å²) in [7, 11) is 0. The minimum Gasteiger partial charge on any atom is -0.381 e. The fraction of sp³-hybridized carbons (Fsp3) is 0.579. The van der Waals surface area contributed by atoms with Crippen LogP contribution in [0.2, 0.25) is 0 Å². The first kappa shape index (κ1) is 16.9. The van der Waals surface area contributed by atoms with Crippen LogP contribution in [0.5, 0.6) is 0 Å². The Labute approximate surface area is 153 Å². The highest BCUT2D eigenvalue weighted by Crippen LogP contribution is 2.26. The number of rotatable bonds is 6. The maximum atomic E-state index is 6.10. The fourth-order valence-corrected chi connectivity index (χ4v) is 4.34. The van der Waals surface area contributed by atoms with E-state index < -0.39 is 0 Å². The maximum absolute atomic E-state index is 6.10. The highest BCUT2D eigenvalue weighted by atomic mass is 32.1. The predicted octanol–water partition coefficient (Wildman–Crippen LogP) is 3.15. The zero-order chi connectivity index (χ0) is 16.9. The third kappa shape index (κ3) is 4.57. The summed E-state index contributed by atoms with van der Waals surface area (Å²) in [5.41, 5.74) is 1.29. The maximum Gasteiger partial charge on any atom is 0.208 e. The van der Waals surface area contributed by atoms with Gasteiger partial charge in [-0.15, -0.1) is 10.2 Å². The van der Waals surface area contributed by atoms with Crippen LogP contribution in [0.1, 0.15) is 29.8 Å². The standard InChI is InChI=1S/C19H25N3O2S/c1-2-4-15(5-3-1)12-18-20-21-19(25-18)22-9-6-17(7-10-22)24-14-16-8-11-23-13-16/h1-5,16-17H,6-14H2. The molecule has 6 heteroatoms. The van der Waals surface area contributed by atoms with E-state index in [1.54, 1.807) is 11.3 Å². The molecule has 2 aliphatic heterocycles. The molecule has 0 radical (unpaired) electrons. The Morgan fingerprint density at radius 2 is 1.96 bits per heavy atom. The van der Waals surface area contributed by atoms with E-state index in [1.165, 1.54) is 5.56 Å². The van der Waals surface area contributed by atoms with E-state index in [0.717, 1.165) is 68.7 Å². The zero-order valence-corrected chi connectivity index (χ0v) is 15.3. The fourth-order valence-electron chi connectivity index (χ4n) is 3.42. The van der Waals surface area contributed by atoms with E-state index in [9.17, 15) is 0 Å². The zero-order valence-electron chi connectivity index (χ0n) is 14.5. The lowest BCUT2D eigenvalue weighted by Gasteiger charge is -2.31. The van der Waals surface area contributed by atoms with Gasteiger partial charge in [0.15, 0.2) is 0 Å². The molecule has 1 atom stereocenters. The Hall–Kier alpha value is -1.50. The lowest BCUT2D eigenvalue weighted by molar-refractivity contribution is 0.0131. The van der Waals surface area contributed by atoms with Crippen LogP contribution in [-0.4, -0.2) is 49.2 Å². The monoisotopic (exact) mass is 359 g/mol. The first-order valence-corrected chi connectivity index (χ1v) is 9.99. The summed E-state index contributed by atoms with van der Waals surface area (Å²) in [6.07, 6.45) is 4.53. The smallest absolute Gasteiger partial charge is 0.208 e. The summed E-state index contributed by atoms with van der Waals surface area (Å²) in [5, 5.41) is 10.9. The normalized spacial score (nSPS) is 21.8. The highest BCUT2D eigenvalue weighted by molar-refractivity contribution is 7.15. The quantitative estimate of drug-likeness (QED) is 0.793. The number of hydrogen-bond donors (Lipinski definition) is 0. The van der Waals surface area contributed by atoms with E-state index in [4.69, 9.17) is 9.47 Å².